The Morgan fingerprint density at radius 1 is 1.33 bits per heavy atom. The average Bonchev–Trinajstić information content (AvgIpc) is 2.40. The highest BCUT2D eigenvalue weighted by Gasteiger charge is 2.13. The first-order chi connectivity index (χ1) is 7.18. The Hall–Kier alpha value is -1.31. The molecule has 0 aromatic heterocycles. The molecule has 2 heteroatoms. The van der Waals surface area contributed by atoms with Gasteiger partial charge < -0.3 is 4.90 Å². The largest absolute Gasteiger partial charge is 0.374 e. The fourth-order valence-electron chi connectivity index (χ4n) is 2.13. The molecule has 1 heterocycles. The highest BCUT2D eigenvalue weighted by atomic mass is 16.1. The number of ketones is 1. The minimum absolute atomic E-state index is 0.149. The Kier molecular flexibility index (Phi) is 2.76. The molecule has 15 heavy (non-hydrogen) atoms. The van der Waals surface area contributed by atoms with Crippen LogP contribution in [0.4, 0.5) is 5.69 Å². The van der Waals surface area contributed by atoms with E-state index in [4.69, 9.17) is 0 Å². The van der Waals surface area contributed by atoms with E-state index < -0.39 is 0 Å². The first-order valence-corrected chi connectivity index (χ1v) is 5.53. The molecule has 0 spiro atoms. The van der Waals surface area contributed by atoms with Crippen molar-refractivity contribution in [1.29, 1.82) is 0 Å². The van der Waals surface area contributed by atoms with Gasteiger partial charge in [0.25, 0.3) is 0 Å². The maximum atomic E-state index is 11.3. The second kappa shape index (κ2) is 4.05. The first-order valence-electron chi connectivity index (χ1n) is 5.53. The summed E-state index contributed by atoms with van der Waals surface area (Å²) in [5.74, 6) is 0.149. The number of hydrogen-bond acceptors (Lipinski definition) is 2. The average molecular weight is 203 g/mol. The fourth-order valence-corrected chi connectivity index (χ4v) is 2.13. The van der Waals surface area contributed by atoms with Crippen LogP contribution >= 0.6 is 0 Å². The number of rotatable bonds is 1. The van der Waals surface area contributed by atoms with E-state index >= 15 is 0 Å². The van der Waals surface area contributed by atoms with Gasteiger partial charge in [0.15, 0.2) is 5.78 Å². The van der Waals surface area contributed by atoms with Gasteiger partial charge in [-0.2, -0.15) is 0 Å². The third-order valence-corrected chi connectivity index (χ3v) is 3.09. The van der Waals surface area contributed by atoms with Crippen LogP contribution in [0.3, 0.4) is 0 Å². The van der Waals surface area contributed by atoms with Gasteiger partial charge in [-0.25, -0.2) is 0 Å². The Labute approximate surface area is 90.9 Å². The molecule has 0 atom stereocenters. The Morgan fingerprint density at radius 2 is 2.13 bits per heavy atom. The van der Waals surface area contributed by atoms with Crippen LogP contribution in [0.15, 0.2) is 18.2 Å². The monoisotopic (exact) mass is 203 g/mol. The summed E-state index contributed by atoms with van der Waals surface area (Å²) >= 11 is 0. The quantitative estimate of drug-likeness (QED) is 0.654. The minimum Gasteiger partial charge on any atom is -0.374 e. The topological polar surface area (TPSA) is 20.3 Å². The molecular formula is C13H17NO. The van der Waals surface area contributed by atoms with E-state index in [1.807, 2.05) is 12.1 Å². The van der Waals surface area contributed by atoms with E-state index in [9.17, 15) is 4.79 Å². The van der Waals surface area contributed by atoms with Gasteiger partial charge in [-0.05, 0) is 37.8 Å². The van der Waals surface area contributed by atoms with Crippen molar-refractivity contribution in [1.82, 2.24) is 0 Å². The lowest BCUT2D eigenvalue weighted by Crippen LogP contribution is -2.18. The van der Waals surface area contributed by atoms with Crippen molar-refractivity contribution in [2.45, 2.75) is 26.2 Å². The van der Waals surface area contributed by atoms with Crippen LogP contribution in [0.25, 0.3) is 0 Å². The smallest absolute Gasteiger partial charge is 0.159 e. The molecule has 0 N–H and O–H groups in total. The zero-order chi connectivity index (χ0) is 10.8. The maximum absolute atomic E-state index is 11.3. The summed E-state index contributed by atoms with van der Waals surface area (Å²) in [5.41, 5.74) is 3.43. The number of fused-ring (bicyclic) bond motifs is 1. The summed E-state index contributed by atoms with van der Waals surface area (Å²) in [6, 6.07) is 6.08. The molecule has 2 rings (SSSR count). The third kappa shape index (κ3) is 2.04. The number of Topliss-reactive ketones (excluding diaryl/α,β-unsaturated/α-hetero) is 1. The molecule has 0 bridgehead atoms. The normalized spacial score (nSPS) is 15.7. The number of aryl methyl sites for hydroxylation is 1. The van der Waals surface area contributed by atoms with Gasteiger partial charge >= 0.3 is 0 Å². The van der Waals surface area contributed by atoms with Crippen LogP contribution in [0.2, 0.25) is 0 Å². The number of carbonyl (C=O) groups is 1. The van der Waals surface area contributed by atoms with Crippen LogP contribution in [0, 0.1) is 0 Å². The van der Waals surface area contributed by atoms with E-state index in [2.05, 4.69) is 18.0 Å². The number of anilines is 1. The molecule has 0 saturated heterocycles. The van der Waals surface area contributed by atoms with Gasteiger partial charge in [-0.15, -0.1) is 0 Å². The first kappa shape index (κ1) is 10.2. The molecule has 0 fully saturated rings. The van der Waals surface area contributed by atoms with Crippen molar-refractivity contribution in [3.63, 3.8) is 0 Å². The van der Waals surface area contributed by atoms with E-state index in [0.29, 0.717) is 0 Å². The Morgan fingerprint density at radius 3 is 2.87 bits per heavy atom. The molecule has 1 aromatic rings. The van der Waals surface area contributed by atoms with E-state index in [1.165, 1.54) is 24.1 Å². The molecule has 1 aliphatic heterocycles. The van der Waals surface area contributed by atoms with Gasteiger partial charge in [-0.3, -0.25) is 4.79 Å². The summed E-state index contributed by atoms with van der Waals surface area (Å²) < 4.78 is 0. The molecule has 2 nitrogen and oxygen atoms in total. The van der Waals surface area contributed by atoms with E-state index in [-0.39, 0.29) is 5.78 Å². The molecule has 80 valence electrons. The predicted octanol–water partition coefficient (Wildman–Crippen LogP) is 2.66. The number of hydrogen-bond donors (Lipinski definition) is 0. The zero-order valence-electron chi connectivity index (χ0n) is 9.42. The fraction of sp³-hybridized carbons (Fsp3) is 0.462. The summed E-state index contributed by atoms with van der Waals surface area (Å²) in [4.78, 5) is 13.6. The summed E-state index contributed by atoms with van der Waals surface area (Å²) in [6.07, 6.45) is 3.62. The highest BCUT2D eigenvalue weighted by molar-refractivity contribution is 5.95. The van der Waals surface area contributed by atoms with Crippen molar-refractivity contribution in [2.75, 3.05) is 18.5 Å². The molecule has 0 amide bonds. The second-order valence-electron chi connectivity index (χ2n) is 4.28. The van der Waals surface area contributed by atoms with Gasteiger partial charge in [0.2, 0.25) is 0 Å². The van der Waals surface area contributed by atoms with Crippen molar-refractivity contribution in [2.24, 2.45) is 0 Å². The van der Waals surface area contributed by atoms with Crippen LogP contribution in [-0.4, -0.2) is 19.4 Å². The molecular weight excluding hydrogens is 186 g/mol. The van der Waals surface area contributed by atoms with Crippen molar-refractivity contribution >= 4 is 11.5 Å². The maximum Gasteiger partial charge on any atom is 0.159 e. The number of benzene rings is 1. The van der Waals surface area contributed by atoms with Crippen molar-refractivity contribution in [3.8, 4) is 0 Å². The molecule has 1 aliphatic rings. The Balaban J connectivity index is 2.44. The number of nitrogens with zero attached hydrogens (tertiary/aromatic N) is 1. The van der Waals surface area contributed by atoms with Gasteiger partial charge in [-0.1, -0.05) is 12.1 Å². The molecule has 0 unspecified atom stereocenters. The lowest BCUT2D eigenvalue weighted by atomic mass is 10.0. The van der Waals surface area contributed by atoms with Crippen molar-refractivity contribution in [3.05, 3.63) is 29.3 Å². The predicted molar refractivity (Wildman–Crippen MR) is 62.7 cm³/mol. The molecule has 0 radical (unpaired) electrons. The zero-order valence-corrected chi connectivity index (χ0v) is 9.42. The van der Waals surface area contributed by atoms with E-state index in [1.54, 1.807) is 6.92 Å². The van der Waals surface area contributed by atoms with Crippen LogP contribution in [0.1, 0.15) is 35.7 Å². The lowest BCUT2D eigenvalue weighted by Gasteiger charge is -2.19. The van der Waals surface area contributed by atoms with Crippen LogP contribution in [-0.2, 0) is 6.42 Å². The SMILES string of the molecule is CC(=O)c1ccc2c(c1)N(C)CCCC2. The second-order valence-corrected chi connectivity index (χ2v) is 4.28. The number of carbonyl (C=O) groups excluding carboxylic acids is 1. The van der Waals surface area contributed by atoms with Gasteiger partial charge in [0, 0.05) is 24.8 Å². The highest BCUT2D eigenvalue weighted by Crippen LogP contribution is 2.26. The summed E-state index contributed by atoms with van der Waals surface area (Å²) in [7, 11) is 2.11. The van der Waals surface area contributed by atoms with Crippen LogP contribution < -0.4 is 4.90 Å². The standard InChI is InChI=1S/C13H17NO/c1-10(15)12-7-6-11-5-3-4-8-14(2)13(11)9-12/h6-7,9H,3-5,8H2,1-2H3. The molecule has 0 saturated carbocycles. The lowest BCUT2D eigenvalue weighted by molar-refractivity contribution is 0.101. The minimum atomic E-state index is 0.149. The third-order valence-electron chi connectivity index (χ3n) is 3.09. The van der Waals surface area contributed by atoms with E-state index in [0.717, 1.165) is 18.5 Å². The summed E-state index contributed by atoms with van der Waals surface area (Å²) in [6.45, 7) is 2.72. The van der Waals surface area contributed by atoms with Crippen LogP contribution in [0.5, 0.6) is 0 Å². The summed E-state index contributed by atoms with van der Waals surface area (Å²) in [5, 5.41) is 0. The Bertz CT molecular complexity index is 384. The molecule has 1 aromatic carbocycles. The van der Waals surface area contributed by atoms with Gasteiger partial charge in [0.1, 0.15) is 0 Å². The van der Waals surface area contributed by atoms with Gasteiger partial charge in [0.05, 0.1) is 0 Å². The molecule has 0 aliphatic carbocycles. The van der Waals surface area contributed by atoms with Crippen molar-refractivity contribution < 1.29 is 4.79 Å².